The molecule has 4 nitrogen and oxygen atoms in total. The van der Waals surface area contributed by atoms with Crippen molar-refractivity contribution in [2.24, 2.45) is 5.92 Å². The Morgan fingerprint density at radius 1 is 1.38 bits per heavy atom. The van der Waals surface area contributed by atoms with Gasteiger partial charge >= 0.3 is 0 Å². The third-order valence-corrected chi connectivity index (χ3v) is 5.01. The molecular formula is C19H22ClNO3. The summed E-state index contributed by atoms with van der Waals surface area (Å²) in [4.78, 5) is 12.6. The van der Waals surface area contributed by atoms with Crippen LogP contribution in [-0.2, 0) is 0 Å². The van der Waals surface area contributed by atoms with Gasteiger partial charge in [-0.25, -0.2) is 0 Å². The number of aryl methyl sites for hydroxylation is 1. The number of benzene rings is 1. The van der Waals surface area contributed by atoms with Crippen LogP contribution in [0.25, 0.3) is 11.3 Å². The minimum Gasteiger partial charge on any atom is -0.460 e. The van der Waals surface area contributed by atoms with E-state index < -0.39 is 0 Å². The SMILES string of the molecule is Cc1oc(-c2ccccc2Cl)cc1C(=O)N[C@@H]1CCC[C@@H](CO)C1. The zero-order valence-electron chi connectivity index (χ0n) is 13.7. The number of rotatable bonds is 4. The van der Waals surface area contributed by atoms with Crippen LogP contribution in [0.2, 0.25) is 5.02 Å². The van der Waals surface area contributed by atoms with Crippen molar-refractivity contribution in [2.75, 3.05) is 6.61 Å². The monoisotopic (exact) mass is 347 g/mol. The molecule has 1 saturated carbocycles. The minimum absolute atomic E-state index is 0.112. The van der Waals surface area contributed by atoms with E-state index in [1.165, 1.54) is 0 Å². The van der Waals surface area contributed by atoms with E-state index in [0.717, 1.165) is 31.2 Å². The standard InChI is InChI=1S/C19H22ClNO3/c1-12-16(10-18(24-12)15-7-2-3-8-17(15)20)19(23)21-14-6-4-5-13(9-14)11-22/h2-3,7-8,10,13-14,22H,4-6,9,11H2,1H3,(H,21,23)/t13-,14-/m1/s1. The topological polar surface area (TPSA) is 62.5 Å². The Balaban J connectivity index is 1.75. The average molecular weight is 348 g/mol. The third kappa shape index (κ3) is 3.65. The first-order valence-corrected chi connectivity index (χ1v) is 8.73. The summed E-state index contributed by atoms with van der Waals surface area (Å²) in [6.07, 6.45) is 3.85. The smallest absolute Gasteiger partial charge is 0.255 e. The minimum atomic E-state index is -0.127. The molecule has 1 heterocycles. The number of hydrogen-bond donors (Lipinski definition) is 2. The lowest BCUT2D eigenvalue weighted by Crippen LogP contribution is -2.39. The van der Waals surface area contributed by atoms with E-state index in [2.05, 4.69) is 5.32 Å². The van der Waals surface area contributed by atoms with Crippen molar-refractivity contribution < 1.29 is 14.3 Å². The number of furan rings is 1. The maximum atomic E-state index is 12.6. The van der Waals surface area contributed by atoms with Crippen molar-refractivity contribution in [1.29, 1.82) is 0 Å². The fourth-order valence-electron chi connectivity index (χ4n) is 3.35. The molecule has 24 heavy (non-hydrogen) atoms. The van der Waals surface area contributed by atoms with E-state index in [4.69, 9.17) is 16.0 Å². The highest BCUT2D eigenvalue weighted by Gasteiger charge is 2.25. The van der Waals surface area contributed by atoms with E-state index in [0.29, 0.717) is 22.1 Å². The number of carbonyl (C=O) groups excluding carboxylic acids is 1. The fraction of sp³-hybridized carbons (Fsp3) is 0.421. The van der Waals surface area contributed by atoms with Gasteiger partial charge in [-0.3, -0.25) is 4.79 Å². The Morgan fingerprint density at radius 3 is 2.92 bits per heavy atom. The molecule has 0 radical (unpaired) electrons. The first-order chi connectivity index (χ1) is 11.6. The van der Waals surface area contributed by atoms with Gasteiger partial charge in [-0.2, -0.15) is 0 Å². The van der Waals surface area contributed by atoms with Crippen LogP contribution in [0.1, 0.15) is 41.8 Å². The third-order valence-electron chi connectivity index (χ3n) is 4.68. The Bertz CT molecular complexity index is 725. The van der Waals surface area contributed by atoms with Crippen molar-refractivity contribution in [3.05, 3.63) is 46.7 Å². The van der Waals surface area contributed by atoms with E-state index in [1.54, 1.807) is 19.1 Å². The van der Waals surface area contributed by atoms with Crippen LogP contribution < -0.4 is 5.32 Å². The van der Waals surface area contributed by atoms with Gasteiger partial charge in [0.25, 0.3) is 5.91 Å². The fourth-order valence-corrected chi connectivity index (χ4v) is 3.58. The van der Waals surface area contributed by atoms with E-state index >= 15 is 0 Å². The van der Waals surface area contributed by atoms with E-state index in [-0.39, 0.29) is 24.5 Å². The van der Waals surface area contributed by atoms with Crippen LogP contribution in [0, 0.1) is 12.8 Å². The summed E-state index contributed by atoms with van der Waals surface area (Å²) in [6, 6.07) is 9.27. The first kappa shape index (κ1) is 17.1. The normalized spacial score (nSPS) is 20.8. The molecule has 2 N–H and O–H groups in total. The van der Waals surface area contributed by atoms with Gasteiger partial charge in [0, 0.05) is 18.2 Å². The number of carbonyl (C=O) groups is 1. The van der Waals surface area contributed by atoms with Gasteiger partial charge in [0.2, 0.25) is 0 Å². The second-order valence-corrected chi connectivity index (χ2v) is 6.85. The molecule has 0 bridgehead atoms. The first-order valence-electron chi connectivity index (χ1n) is 8.35. The maximum absolute atomic E-state index is 12.6. The van der Waals surface area contributed by atoms with Crippen molar-refractivity contribution >= 4 is 17.5 Å². The van der Waals surface area contributed by atoms with Gasteiger partial charge in [0.05, 0.1) is 10.6 Å². The molecular weight excluding hydrogens is 326 g/mol. The molecule has 1 aliphatic rings. The number of halogens is 1. The van der Waals surface area contributed by atoms with E-state index in [9.17, 15) is 9.90 Å². The Hall–Kier alpha value is -1.78. The van der Waals surface area contributed by atoms with Crippen molar-refractivity contribution in [2.45, 2.75) is 38.6 Å². The van der Waals surface area contributed by atoms with Gasteiger partial charge in [0.15, 0.2) is 0 Å². The summed E-state index contributed by atoms with van der Waals surface area (Å²) >= 11 is 6.20. The van der Waals surface area contributed by atoms with Gasteiger partial charge in [-0.05, 0) is 50.3 Å². The number of hydrogen-bond acceptors (Lipinski definition) is 3. The second-order valence-electron chi connectivity index (χ2n) is 6.45. The number of aliphatic hydroxyl groups excluding tert-OH is 1. The predicted octanol–water partition coefficient (Wildman–Crippen LogP) is 4.19. The summed E-state index contributed by atoms with van der Waals surface area (Å²) < 4.78 is 5.75. The summed E-state index contributed by atoms with van der Waals surface area (Å²) in [5.74, 6) is 1.34. The molecule has 1 aromatic carbocycles. The van der Waals surface area contributed by atoms with Gasteiger partial charge in [0.1, 0.15) is 11.5 Å². The zero-order valence-corrected chi connectivity index (χ0v) is 14.5. The molecule has 0 spiro atoms. The quantitative estimate of drug-likeness (QED) is 0.871. The van der Waals surface area contributed by atoms with Crippen molar-refractivity contribution in [3.8, 4) is 11.3 Å². The Labute approximate surface area is 146 Å². The molecule has 5 heteroatoms. The van der Waals surface area contributed by atoms with Gasteiger partial charge < -0.3 is 14.8 Å². The Morgan fingerprint density at radius 2 is 2.17 bits per heavy atom. The summed E-state index contributed by atoms with van der Waals surface area (Å²) in [7, 11) is 0. The number of amides is 1. The maximum Gasteiger partial charge on any atom is 0.255 e. The van der Waals surface area contributed by atoms with Crippen LogP contribution in [0.4, 0.5) is 0 Å². The molecule has 1 aliphatic carbocycles. The summed E-state index contributed by atoms with van der Waals surface area (Å²) in [6.45, 7) is 1.97. The number of aliphatic hydroxyl groups is 1. The van der Waals surface area contributed by atoms with E-state index in [1.807, 2.05) is 18.2 Å². The predicted molar refractivity (Wildman–Crippen MR) is 94.2 cm³/mol. The molecule has 1 fully saturated rings. The highest BCUT2D eigenvalue weighted by molar-refractivity contribution is 6.33. The van der Waals surface area contributed by atoms with Gasteiger partial charge in [-0.15, -0.1) is 0 Å². The largest absolute Gasteiger partial charge is 0.460 e. The van der Waals surface area contributed by atoms with Crippen molar-refractivity contribution in [3.63, 3.8) is 0 Å². The molecule has 0 aliphatic heterocycles. The lowest BCUT2D eigenvalue weighted by Gasteiger charge is -2.28. The molecule has 128 valence electrons. The van der Waals surface area contributed by atoms with Crippen LogP contribution in [0.3, 0.4) is 0 Å². The van der Waals surface area contributed by atoms with Crippen LogP contribution >= 0.6 is 11.6 Å². The zero-order chi connectivity index (χ0) is 17.1. The lowest BCUT2D eigenvalue weighted by atomic mass is 9.86. The van der Waals surface area contributed by atoms with Crippen molar-refractivity contribution in [1.82, 2.24) is 5.32 Å². The number of nitrogens with one attached hydrogen (secondary N) is 1. The molecule has 0 unspecified atom stereocenters. The highest BCUT2D eigenvalue weighted by Crippen LogP contribution is 2.31. The molecule has 1 amide bonds. The average Bonchev–Trinajstić information content (AvgIpc) is 2.97. The lowest BCUT2D eigenvalue weighted by molar-refractivity contribution is 0.0904. The summed E-state index contributed by atoms with van der Waals surface area (Å²) in [5, 5.41) is 13.0. The Kier molecular flexibility index (Phi) is 5.27. The van der Waals surface area contributed by atoms with Gasteiger partial charge in [-0.1, -0.05) is 30.2 Å². The molecule has 0 saturated heterocycles. The molecule has 2 aromatic rings. The van der Waals surface area contributed by atoms with Crippen LogP contribution in [-0.4, -0.2) is 23.7 Å². The second kappa shape index (κ2) is 7.41. The van der Waals surface area contributed by atoms with Crippen LogP contribution in [0.5, 0.6) is 0 Å². The molecule has 1 aromatic heterocycles. The highest BCUT2D eigenvalue weighted by atomic mass is 35.5. The van der Waals surface area contributed by atoms with Crippen LogP contribution in [0.15, 0.2) is 34.7 Å². The molecule has 3 rings (SSSR count). The molecule has 2 atom stereocenters. The summed E-state index contributed by atoms with van der Waals surface area (Å²) in [5.41, 5.74) is 1.32.